The molecule has 0 spiro atoms. The van der Waals surface area contributed by atoms with E-state index < -0.39 is 36.4 Å². The molecule has 7 nitrogen and oxygen atoms in total. The number of aryl methyl sites for hydroxylation is 1. The van der Waals surface area contributed by atoms with Gasteiger partial charge in [0.05, 0.1) is 11.1 Å². The Hall–Kier alpha value is -3.07. The molecule has 1 aliphatic rings. The monoisotopic (exact) mass is 508 g/mol. The highest BCUT2D eigenvalue weighted by Gasteiger charge is 2.27. The van der Waals surface area contributed by atoms with Gasteiger partial charge in [-0.25, -0.2) is 4.39 Å². The Labute approximate surface area is 206 Å². The van der Waals surface area contributed by atoms with Crippen LogP contribution in [0.2, 0.25) is 10.0 Å². The molecule has 1 unspecified atom stereocenters. The number of benzene rings is 2. The first kappa shape index (κ1) is 25.6. The lowest BCUT2D eigenvalue weighted by Gasteiger charge is -2.26. The van der Waals surface area contributed by atoms with Gasteiger partial charge in [-0.1, -0.05) is 36.4 Å². The summed E-state index contributed by atoms with van der Waals surface area (Å²) in [7, 11) is 0. The van der Waals surface area contributed by atoms with Crippen LogP contribution in [0.25, 0.3) is 0 Å². The molecule has 2 aromatic carbocycles. The first-order valence-corrected chi connectivity index (χ1v) is 11.1. The predicted octanol–water partition coefficient (Wildman–Crippen LogP) is 3.92. The summed E-state index contributed by atoms with van der Waals surface area (Å²) in [6, 6.07) is 8.99. The minimum Gasteiger partial charge on any atom is -0.484 e. The van der Waals surface area contributed by atoms with Gasteiger partial charge in [-0.3, -0.25) is 9.59 Å². The molecule has 0 aliphatic carbocycles. The van der Waals surface area contributed by atoms with E-state index in [4.69, 9.17) is 32.7 Å². The smallest absolute Gasteiger partial charge is 0.265 e. The van der Waals surface area contributed by atoms with Crippen molar-refractivity contribution >= 4 is 35.0 Å². The van der Waals surface area contributed by atoms with Crippen LogP contribution in [0.4, 0.5) is 4.39 Å². The molecular weight excluding hydrogens is 486 g/mol. The Kier molecular flexibility index (Phi) is 8.55. The fraction of sp³-hybridized carbons (Fsp3) is 0.250. The topological polar surface area (TPSA) is 96.9 Å². The van der Waals surface area contributed by atoms with Crippen LogP contribution in [-0.2, 0) is 16.0 Å². The van der Waals surface area contributed by atoms with E-state index >= 15 is 0 Å². The maximum Gasteiger partial charge on any atom is 0.265 e. The second-order valence-electron chi connectivity index (χ2n) is 7.65. The second-order valence-corrected chi connectivity index (χ2v) is 8.49. The van der Waals surface area contributed by atoms with Crippen molar-refractivity contribution in [3.05, 3.63) is 82.4 Å². The molecule has 3 rings (SSSR count). The van der Waals surface area contributed by atoms with Gasteiger partial charge in [0.2, 0.25) is 0 Å². The predicted molar refractivity (Wildman–Crippen MR) is 126 cm³/mol. The molecule has 10 heteroatoms. The molecule has 0 radical (unpaired) electrons. The van der Waals surface area contributed by atoms with Crippen molar-refractivity contribution in [1.29, 1.82) is 0 Å². The Morgan fingerprint density at radius 3 is 2.71 bits per heavy atom. The molecule has 3 N–H and O–H groups in total. The molecule has 1 heterocycles. The largest absolute Gasteiger partial charge is 0.484 e. The summed E-state index contributed by atoms with van der Waals surface area (Å²) in [6.07, 6.45) is -0.958. The Morgan fingerprint density at radius 2 is 1.97 bits per heavy atom. The number of fused-ring (bicyclic) bond motifs is 1. The normalized spacial score (nSPS) is 15.4. The number of hydrogen-bond acceptors (Lipinski definition) is 5. The van der Waals surface area contributed by atoms with E-state index in [0.717, 1.165) is 11.6 Å². The van der Waals surface area contributed by atoms with Crippen LogP contribution in [0, 0.1) is 5.82 Å². The first-order chi connectivity index (χ1) is 16.1. The van der Waals surface area contributed by atoms with Crippen molar-refractivity contribution in [3.63, 3.8) is 0 Å². The number of carbonyl (C=O) groups is 2. The van der Waals surface area contributed by atoms with Crippen molar-refractivity contribution in [2.45, 2.75) is 31.5 Å². The Bertz CT molecular complexity index is 1120. The van der Waals surface area contributed by atoms with E-state index in [0.29, 0.717) is 23.6 Å². The van der Waals surface area contributed by atoms with Crippen LogP contribution >= 0.6 is 23.2 Å². The number of rotatable bonds is 9. The summed E-state index contributed by atoms with van der Waals surface area (Å²) in [5, 5.41) is 15.9. The number of carbonyl (C=O) groups excluding carboxylic acids is 2. The standard InChI is InChI=1S/C24H23Cl2FN2O5/c1-13(28-23(31)12-33-17-5-6-18(26)19(27)11-17)9-20(30)14(2)29-24(32)22-7-3-15-10-16(25)4-8-21(15)34-22/h4-6,8,10-11,20,22,30H,1-3,7,9,12H2,(H,28,31)(H,29,32)/t20-,22?/m0/s1. The van der Waals surface area contributed by atoms with Crippen LogP contribution in [-0.4, -0.2) is 35.7 Å². The summed E-state index contributed by atoms with van der Waals surface area (Å²) in [6.45, 7) is 6.97. The van der Waals surface area contributed by atoms with Gasteiger partial charge in [-0.15, -0.1) is 0 Å². The lowest BCUT2D eigenvalue weighted by Crippen LogP contribution is -2.42. The molecule has 0 saturated carbocycles. The fourth-order valence-corrected chi connectivity index (χ4v) is 3.53. The third-order valence-electron chi connectivity index (χ3n) is 4.96. The zero-order valence-electron chi connectivity index (χ0n) is 18.1. The van der Waals surface area contributed by atoms with Crippen LogP contribution in [0.5, 0.6) is 11.5 Å². The fourth-order valence-electron chi connectivity index (χ4n) is 3.22. The lowest BCUT2D eigenvalue weighted by molar-refractivity contribution is -0.128. The van der Waals surface area contributed by atoms with E-state index in [2.05, 4.69) is 23.8 Å². The zero-order chi connectivity index (χ0) is 24.8. The summed E-state index contributed by atoms with van der Waals surface area (Å²) in [4.78, 5) is 24.6. The van der Waals surface area contributed by atoms with Crippen molar-refractivity contribution in [1.82, 2.24) is 10.6 Å². The van der Waals surface area contributed by atoms with Crippen LogP contribution in [0.15, 0.2) is 61.0 Å². The number of amides is 2. The van der Waals surface area contributed by atoms with Crippen molar-refractivity contribution in [2.75, 3.05) is 6.61 Å². The molecule has 1 aliphatic heterocycles. The number of aliphatic hydroxyl groups excluding tert-OH is 1. The van der Waals surface area contributed by atoms with Gasteiger partial charge in [-0.05, 0) is 48.7 Å². The van der Waals surface area contributed by atoms with Crippen molar-refractivity contribution in [3.8, 4) is 11.5 Å². The van der Waals surface area contributed by atoms with Crippen LogP contribution in [0.3, 0.4) is 0 Å². The number of aliphatic hydroxyl groups is 1. The van der Waals surface area contributed by atoms with Gasteiger partial charge >= 0.3 is 0 Å². The highest BCUT2D eigenvalue weighted by atomic mass is 35.5. The number of nitrogens with one attached hydrogen (secondary N) is 2. The second kappa shape index (κ2) is 11.4. The molecule has 180 valence electrons. The van der Waals surface area contributed by atoms with Gasteiger partial charge in [0.15, 0.2) is 12.7 Å². The van der Waals surface area contributed by atoms with E-state index in [9.17, 15) is 19.1 Å². The molecule has 2 amide bonds. The van der Waals surface area contributed by atoms with Gasteiger partial charge < -0.3 is 25.2 Å². The molecule has 2 aromatic rings. The van der Waals surface area contributed by atoms with E-state index in [1.807, 2.05) is 0 Å². The number of hydrogen-bond donors (Lipinski definition) is 3. The molecular formula is C24H23Cl2FN2O5. The highest BCUT2D eigenvalue weighted by Crippen LogP contribution is 2.30. The van der Waals surface area contributed by atoms with E-state index in [1.54, 1.807) is 18.2 Å². The third kappa shape index (κ3) is 6.96. The molecule has 0 fully saturated rings. The highest BCUT2D eigenvalue weighted by molar-refractivity contribution is 6.31. The van der Waals surface area contributed by atoms with Gasteiger partial charge in [0.25, 0.3) is 11.8 Å². The SMILES string of the molecule is C=C(C[C@H](O)C(=C)NC(=O)C1CCc2cc(Cl)ccc2O1)NC(=O)COc1ccc(Cl)c(F)c1. The summed E-state index contributed by atoms with van der Waals surface area (Å²) < 4.78 is 24.3. The quantitative estimate of drug-likeness (QED) is 0.477. The van der Waals surface area contributed by atoms with Crippen LogP contribution in [0.1, 0.15) is 18.4 Å². The molecule has 0 saturated heterocycles. The van der Waals surface area contributed by atoms with Gasteiger partial charge in [0, 0.05) is 28.9 Å². The van der Waals surface area contributed by atoms with Crippen molar-refractivity contribution < 1.29 is 28.6 Å². The van der Waals surface area contributed by atoms with Crippen molar-refractivity contribution in [2.24, 2.45) is 0 Å². The maximum atomic E-state index is 13.4. The van der Waals surface area contributed by atoms with Crippen LogP contribution < -0.4 is 20.1 Å². The minimum atomic E-state index is -1.20. The molecule has 34 heavy (non-hydrogen) atoms. The number of halogens is 3. The summed E-state index contributed by atoms with van der Waals surface area (Å²) in [5.41, 5.74) is 1.14. The summed E-state index contributed by atoms with van der Waals surface area (Å²) in [5.74, 6) is -0.949. The Balaban J connectivity index is 1.42. The molecule has 0 aromatic heterocycles. The van der Waals surface area contributed by atoms with Gasteiger partial charge in [0.1, 0.15) is 17.3 Å². The minimum absolute atomic E-state index is 0.0405. The zero-order valence-corrected chi connectivity index (χ0v) is 19.6. The van der Waals surface area contributed by atoms with E-state index in [1.165, 1.54) is 12.1 Å². The summed E-state index contributed by atoms with van der Waals surface area (Å²) >= 11 is 11.6. The van der Waals surface area contributed by atoms with E-state index in [-0.39, 0.29) is 28.6 Å². The van der Waals surface area contributed by atoms with Gasteiger partial charge in [-0.2, -0.15) is 0 Å². The third-order valence-corrected chi connectivity index (χ3v) is 5.50. The average Bonchev–Trinajstić information content (AvgIpc) is 2.79. The maximum absolute atomic E-state index is 13.4. The molecule has 2 atom stereocenters. The average molecular weight is 509 g/mol. The molecule has 0 bridgehead atoms. The Morgan fingerprint density at radius 1 is 1.21 bits per heavy atom. The first-order valence-electron chi connectivity index (χ1n) is 10.3. The number of ether oxygens (including phenoxy) is 2. The lowest BCUT2D eigenvalue weighted by atomic mass is 10.0.